The number of non-ortho nitro benzene ring substituents is 1. The van der Waals surface area contributed by atoms with Gasteiger partial charge in [-0.15, -0.1) is 0 Å². The zero-order valence-corrected chi connectivity index (χ0v) is 12.4. The Balaban J connectivity index is 2.06. The van der Waals surface area contributed by atoms with Gasteiger partial charge in [-0.2, -0.15) is 5.10 Å². The van der Waals surface area contributed by atoms with Gasteiger partial charge in [0.25, 0.3) is 11.6 Å². The average Bonchev–Trinajstić information content (AvgIpc) is 2.99. The molecular weight excluding hydrogens is 296 g/mol. The lowest BCUT2D eigenvalue weighted by Crippen LogP contribution is -2.31. The van der Waals surface area contributed by atoms with E-state index in [9.17, 15) is 14.9 Å². The van der Waals surface area contributed by atoms with Crippen LogP contribution >= 0.6 is 0 Å². The summed E-state index contributed by atoms with van der Waals surface area (Å²) in [6, 6.07) is 13.5. The van der Waals surface area contributed by atoms with Gasteiger partial charge in [-0.25, -0.2) is 0 Å². The largest absolute Gasteiger partial charge is 0.307 e. The Kier molecular flexibility index (Phi) is 3.76. The topological polar surface area (TPSA) is 92.1 Å². The SMILES string of the molecule is CCN(C(=O)c1n[nH]c2ccc([N+](=O)[O-])cc12)c1ccccc1. The Hall–Kier alpha value is -3.22. The van der Waals surface area contributed by atoms with Crippen LogP contribution < -0.4 is 4.90 Å². The van der Waals surface area contributed by atoms with E-state index in [-0.39, 0.29) is 17.3 Å². The highest BCUT2D eigenvalue weighted by Crippen LogP contribution is 2.24. The van der Waals surface area contributed by atoms with Crippen molar-refractivity contribution in [2.24, 2.45) is 0 Å². The predicted octanol–water partition coefficient (Wildman–Crippen LogP) is 3.14. The number of aromatic amines is 1. The number of H-pyrrole nitrogens is 1. The first-order valence-electron chi connectivity index (χ1n) is 7.11. The summed E-state index contributed by atoms with van der Waals surface area (Å²) in [7, 11) is 0. The van der Waals surface area contributed by atoms with Crippen LogP contribution in [0.1, 0.15) is 17.4 Å². The number of hydrogen-bond donors (Lipinski definition) is 1. The number of carbonyl (C=O) groups excluding carboxylic acids is 1. The third kappa shape index (κ3) is 2.64. The van der Waals surface area contributed by atoms with E-state index < -0.39 is 4.92 Å². The highest BCUT2D eigenvalue weighted by Gasteiger charge is 2.22. The van der Waals surface area contributed by atoms with Gasteiger partial charge in [0.15, 0.2) is 5.69 Å². The monoisotopic (exact) mass is 310 g/mol. The molecule has 0 atom stereocenters. The zero-order valence-electron chi connectivity index (χ0n) is 12.4. The summed E-state index contributed by atoms with van der Waals surface area (Å²) in [4.78, 5) is 24.8. The van der Waals surface area contributed by atoms with Crippen LogP contribution in [0.25, 0.3) is 10.9 Å². The van der Waals surface area contributed by atoms with E-state index in [1.54, 1.807) is 11.0 Å². The lowest BCUT2D eigenvalue weighted by Gasteiger charge is -2.19. The van der Waals surface area contributed by atoms with Crippen molar-refractivity contribution < 1.29 is 9.72 Å². The molecule has 0 spiro atoms. The summed E-state index contributed by atoms with van der Waals surface area (Å²) in [5, 5.41) is 18.2. The first-order valence-corrected chi connectivity index (χ1v) is 7.11. The van der Waals surface area contributed by atoms with E-state index >= 15 is 0 Å². The first kappa shape index (κ1) is 14.7. The number of para-hydroxylation sites is 1. The lowest BCUT2D eigenvalue weighted by atomic mass is 10.1. The van der Waals surface area contributed by atoms with Gasteiger partial charge >= 0.3 is 0 Å². The maximum absolute atomic E-state index is 12.8. The number of nitrogens with one attached hydrogen (secondary N) is 1. The highest BCUT2D eigenvalue weighted by molar-refractivity contribution is 6.12. The lowest BCUT2D eigenvalue weighted by molar-refractivity contribution is -0.384. The van der Waals surface area contributed by atoms with Gasteiger partial charge in [-0.05, 0) is 25.1 Å². The molecule has 116 valence electrons. The molecule has 0 aliphatic carbocycles. The van der Waals surface area contributed by atoms with Gasteiger partial charge in [0.1, 0.15) is 0 Å². The quantitative estimate of drug-likeness (QED) is 0.592. The molecule has 7 heteroatoms. The minimum absolute atomic E-state index is 0.0734. The molecule has 7 nitrogen and oxygen atoms in total. The number of nitro benzene ring substituents is 1. The molecule has 23 heavy (non-hydrogen) atoms. The molecule has 3 aromatic rings. The zero-order chi connectivity index (χ0) is 16.4. The Morgan fingerprint density at radius 3 is 2.65 bits per heavy atom. The molecular formula is C16H14N4O3. The molecule has 3 rings (SSSR count). The summed E-state index contributed by atoms with van der Waals surface area (Å²) in [5.74, 6) is -0.301. The number of anilines is 1. The number of nitrogens with zero attached hydrogens (tertiary/aromatic N) is 3. The van der Waals surface area contributed by atoms with E-state index in [2.05, 4.69) is 10.2 Å². The Morgan fingerprint density at radius 2 is 2.00 bits per heavy atom. The molecule has 1 aromatic heterocycles. The number of aromatic nitrogens is 2. The molecule has 0 fully saturated rings. The van der Waals surface area contributed by atoms with Crippen molar-refractivity contribution in [1.29, 1.82) is 0 Å². The van der Waals surface area contributed by atoms with Crippen LogP contribution in [0.5, 0.6) is 0 Å². The summed E-state index contributed by atoms with van der Waals surface area (Å²) in [6.07, 6.45) is 0. The van der Waals surface area contributed by atoms with Crippen molar-refractivity contribution in [2.75, 3.05) is 11.4 Å². The number of rotatable bonds is 4. The molecule has 0 aliphatic rings. The van der Waals surface area contributed by atoms with E-state index in [0.717, 1.165) is 5.69 Å². The third-order valence-electron chi connectivity index (χ3n) is 3.59. The Labute approximate surface area is 131 Å². The fourth-order valence-corrected chi connectivity index (χ4v) is 2.46. The molecule has 0 aliphatic heterocycles. The predicted molar refractivity (Wildman–Crippen MR) is 86.5 cm³/mol. The van der Waals surface area contributed by atoms with Crippen LogP contribution in [0.15, 0.2) is 48.5 Å². The van der Waals surface area contributed by atoms with Crippen LogP contribution in [0, 0.1) is 10.1 Å². The Bertz CT molecular complexity index is 873. The average molecular weight is 310 g/mol. The van der Waals surface area contributed by atoms with E-state index in [1.807, 2.05) is 37.3 Å². The molecule has 1 amide bonds. The molecule has 0 saturated heterocycles. The Morgan fingerprint density at radius 1 is 1.26 bits per heavy atom. The third-order valence-corrected chi connectivity index (χ3v) is 3.59. The standard InChI is InChI=1S/C16H14N4O3/c1-2-19(11-6-4-3-5-7-11)16(21)15-13-10-12(20(22)23)8-9-14(13)17-18-15/h3-10H,2H2,1H3,(H,17,18). The van der Waals surface area contributed by atoms with Crippen molar-refractivity contribution in [3.8, 4) is 0 Å². The molecule has 0 radical (unpaired) electrons. The van der Waals surface area contributed by atoms with Crippen molar-refractivity contribution >= 4 is 28.2 Å². The minimum atomic E-state index is -0.491. The van der Waals surface area contributed by atoms with Gasteiger partial charge in [0.2, 0.25) is 0 Å². The van der Waals surface area contributed by atoms with Gasteiger partial charge < -0.3 is 4.90 Å². The first-order chi connectivity index (χ1) is 11.1. The maximum atomic E-state index is 12.8. The van der Waals surface area contributed by atoms with Crippen LogP contribution in [0.2, 0.25) is 0 Å². The molecule has 0 unspecified atom stereocenters. The number of fused-ring (bicyclic) bond motifs is 1. The van der Waals surface area contributed by atoms with Crippen molar-refractivity contribution in [3.05, 3.63) is 64.3 Å². The summed E-state index contributed by atoms with van der Waals surface area (Å²) in [6.45, 7) is 2.33. The smallest absolute Gasteiger partial charge is 0.279 e. The summed E-state index contributed by atoms with van der Waals surface area (Å²) < 4.78 is 0. The minimum Gasteiger partial charge on any atom is -0.307 e. The summed E-state index contributed by atoms with van der Waals surface area (Å²) >= 11 is 0. The van der Waals surface area contributed by atoms with Crippen LogP contribution in [0.3, 0.4) is 0 Å². The van der Waals surface area contributed by atoms with Crippen molar-refractivity contribution in [1.82, 2.24) is 10.2 Å². The second kappa shape index (κ2) is 5.88. The number of carbonyl (C=O) groups is 1. The second-order valence-corrected chi connectivity index (χ2v) is 4.94. The van der Waals surface area contributed by atoms with E-state index in [4.69, 9.17) is 0 Å². The van der Waals surface area contributed by atoms with E-state index in [0.29, 0.717) is 17.4 Å². The molecule has 0 bridgehead atoms. The fraction of sp³-hybridized carbons (Fsp3) is 0.125. The fourth-order valence-electron chi connectivity index (χ4n) is 2.46. The van der Waals surface area contributed by atoms with Crippen LogP contribution in [-0.4, -0.2) is 27.6 Å². The molecule has 2 aromatic carbocycles. The molecule has 1 heterocycles. The van der Waals surface area contributed by atoms with E-state index in [1.165, 1.54) is 12.1 Å². The van der Waals surface area contributed by atoms with Gasteiger partial charge in [0, 0.05) is 29.8 Å². The number of benzene rings is 2. The molecule has 0 saturated carbocycles. The summed E-state index contributed by atoms with van der Waals surface area (Å²) in [5.41, 5.74) is 1.44. The van der Waals surface area contributed by atoms with Crippen LogP contribution in [-0.2, 0) is 0 Å². The van der Waals surface area contributed by atoms with Crippen molar-refractivity contribution in [2.45, 2.75) is 6.92 Å². The van der Waals surface area contributed by atoms with Gasteiger partial charge in [-0.3, -0.25) is 20.0 Å². The molecule has 1 N–H and O–H groups in total. The second-order valence-electron chi connectivity index (χ2n) is 4.94. The highest BCUT2D eigenvalue weighted by atomic mass is 16.6. The van der Waals surface area contributed by atoms with Crippen LogP contribution in [0.4, 0.5) is 11.4 Å². The maximum Gasteiger partial charge on any atom is 0.279 e. The number of nitro groups is 1. The number of amides is 1. The van der Waals surface area contributed by atoms with Crippen molar-refractivity contribution in [3.63, 3.8) is 0 Å². The normalized spacial score (nSPS) is 10.7. The van der Waals surface area contributed by atoms with Gasteiger partial charge in [-0.1, -0.05) is 18.2 Å². The number of hydrogen-bond acceptors (Lipinski definition) is 4. The van der Waals surface area contributed by atoms with Gasteiger partial charge in [0.05, 0.1) is 10.4 Å².